The molecule has 1 unspecified atom stereocenters. The summed E-state index contributed by atoms with van der Waals surface area (Å²) in [4.78, 5) is 37.7. The Balaban J connectivity index is 2.02. The van der Waals surface area contributed by atoms with Crippen LogP contribution in [0.25, 0.3) is 0 Å². The van der Waals surface area contributed by atoms with Crippen molar-refractivity contribution in [2.45, 2.75) is 38.8 Å². The number of anilines is 1. The van der Waals surface area contributed by atoms with Crippen LogP contribution < -0.4 is 5.32 Å². The molecule has 2 amide bonds. The summed E-state index contributed by atoms with van der Waals surface area (Å²) in [6.07, 6.45) is 3.70. The van der Waals surface area contributed by atoms with Gasteiger partial charge in [-0.3, -0.25) is 9.59 Å². The zero-order valence-corrected chi connectivity index (χ0v) is 12.6. The first-order chi connectivity index (χ1) is 10.5. The van der Waals surface area contributed by atoms with Crippen LogP contribution in [0.4, 0.5) is 5.82 Å². The predicted molar refractivity (Wildman–Crippen MR) is 75.7 cm³/mol. The van der Waals surface area contributed by atoms with E-state index < -0.39 is 12.0 Å². The van der Waals surface area contributed by atoms with E-state index in [1.54, 1.807) is 0 Å². The average molecular weight is 309 g/mol. The molecule has 2 rings (SSSR count). The minimum absolute atomic E-state index is 0.0902. The van der Waals surface area contributed by atoms with Gasteiger partial charge in [-0.15, -0.1) is 5.10 Å². The Morgan fingerprint density at radius 1 is 1.41 bits per heavy atom. The van der Waals surface area contributed by atoms with Crippen LogP contribution in [0.1, 0.15) is 26.2 Å². The van der Waals surface area contributed by atoms with Gasteiger partial charge in [-0.05, 0) is 19.3 Å². The van der Waals surface area contributed by atoms with E-state index in [0.29, 0.717) is 13.0 Å². The maximum Gasteiger partial charge on any atom is 0.328 e. The van der Waals surface area contributed by atoms with Gasteiger partial charge >= 0.3 is 5.97 Å². The number of esters is 1. The van der Waals surface area contributed by atoms with Crippen LogP contribution in [-0.2, 0) is 25.7 Å². The van der Waals surface area contributed by atoms with Crippen molar-refractivity contribution in [3.63, 3.8) is 0 Å². The van der Waals surface area contributed by atoms with Crippen LogP contribution in [-0.4, -0.2) is 57.4 Å². The van der Waals surface area contributed by atoms with Crippen LogP contribution in [0, 0.1) is 0 Å². The summed E-state index contributed by atoms with van der Waals surface area (Å²) < 4.78 is 4.75. The number of nitrogens with one attached hydrogen (secondary N) is 1. The molecule has 1 aliphatic rings. The predicted octanol–water partition coefficient (Wildman–Crippen LogP) is -0.209. The molecule has 1 fully saturated rings. The molecular formula is C13H19N5O4. The van der Waals surface area contributed by atoms with Crippen LogP contribution >= 0.6 is 0 Å². The van der Waals surface area contributed by atoms with E-state index in [-0.39, 0.29) is 24.2 Å². The van der Waals surface area contributed by atoms with E-state index in [2.05, 4.69) is 15.5 Å². The molecule has 22 heavy (non-hydrogen) atoms. The number of likely N-dealkylation sites (tertiary alicyclic amines) is 1. The quantitative estimate of drug-likeness (QED) is 0.771. The van der Waals surface area contributed by atoms with Gasteiger partial charge in [-0.2, -0.15) is 9.90 Å². The summed E-state index contributed by atoms with van der Waals surface area (Å²) in [6.45, 7) is 1.78. The van der Waals surface area contributed by atoms with Crippen molar-refractivity contribution in [2.24, 2.45) is 0 Å². The maximum absolute atomic E-state index is 12.4. The van der Waals surface area contributed by atoms with Crippen LogP contribution in [0.3, 0.4) is 0 Å². The van der Waals surface area contributed by atoms with Crippen molar-refractivity contribution in [3.8, 4) is 0 Å². The van der Waals surface area contributed by atoms with E-state index in [1.165, 1.54) is 29.9 Å². The van der Waals surface area contributed by atoms with Crippen molar-refractivity contribution in [1.82, 2.24) is 19.9 Å². The van der Waals surface area contributed by atoms with Crippen molar-refractivity contribution in [1.29, 1.82) is 0 Å². The largest absolute Gasteiger partial charge is 0.467 e. The van der Waals surface area contributed by atoms with Crippen molar-refractivity contribution in [2.75, 3.05) is 19.0 Å². The lowest BCUT2D eigenvalue weighted by Gasteiger charge is -2.33. The highest BCUT2D eigenvalue weighted by atomic mass is 16.5. The first-order valence-electron chi connectivity index (χ1n) is 7.06. The fourth-order valence-electron chi connectivity index (χ4n) is 2.43. The number of aromatic nitrogens is 3. The number of carbonyl (C=O) groups excluding carboxylic acids is 3. The molecule has 120 valence electrons. The first kappa shape index (κ1) is 15.9. The molecule has 1 N–H and O–H groups in total. The lowest BCUT2D eigenvalue weighted by atomic mass is 10.0. The highest BCUT2D eigenvalue weighted by Gasteiger charge is 2.33. The molecular weight excluding hydrogens is 290 g/mol. The molecule has 9 nitrogen and oxygen atoms in total. The minimum Gasteiger partial charge on any atom is -0.467 e. The van der Waals surface area contributed by atoms with E-state index in [9.17, 15) is 14.4 Å². The van der Waals surface area contributed by atoms with Crippen LogP contribution in [0.15, 0.2) is 6.20 Å². The molecule has 0 bridgehead atoms. The molecule has 1 aromatic rings. The molecule has 1 aromatic heterocycles. The summed E-state index contributed by atoms with van der Waals surface area (Å²) in [5.41, 5.74) is 0. The summed E-state index contributed by atoms with van der Waals surface area (Å²) in [5.74, 6) is -0.635. The Labute approximate surface area is 127 Å². The minimum atomic E-state index is -0.545. The van der Waals surface area contributed by atoms with Gasteiger partial charge in [0, 0.05) is 13.5 Å². The van der Waals surface area contributed by atoms with Crippen molar-refractivity contribution >= 4 is 23.6 Å². The zero-order valence-electron chi connectivity index (χ0n) is 12.6. The first-order valence-corrected chi connectivity index (χ1v) is 7.06. The average Bonchev–Trinajstić information content (AvgIpc) is 2.92. The molecule has 0 radical (unpaired) electrons. The summed E-state index contributed by atoms with van der Waals surface area (Å²) in [6, 6.07) is -0.545. The number of hydrogen-bond acceptors (Lipinski definition) is 6. The van der Waals surface area contributed by atoms with Crippen LogP contribution in [0.2, 0.25) is 0 Å². The SMILES string of the molecule is COC(=O)C1CCCCN1C(=O)Cn1ncc(NC(C)=O)n1. The summed E-state index contributed by atoms with van der Waals surface area (Å²) in [7, 11) is 1.31. The summed E-state index contributed by atoms with van der Waals surface area (Å²) >= 11 is 0. The van der Waals surface area contributed by atoms with Gasteiger partial charge in [-0.25, -0.2) is 4.79 Å². The van der Waals surface area contributed by atoms with E-state index in [4.69, 9.17) is 4.74 Å². The third kappa shape index (κ3) is 3.80. The normalized spacial score (nSPS) is 17.9. The maximum atomic E-state index is 12.4. The summed E-state index contributed by atoms with van der Waals surface area (Å²) in [5, 5.41) is 10.4. The molecule has 0 aromatic carbocycles. The molecule has 2 heterocycles. The van der Waals surface area contributed by atoms with Gasteiger partial charge in [-0.1, -0.05) is 0 Å². The Morgan fingerprint density at radius 3 is 2.86 bits per heavy atom. The van der Waals surface area contributed by atoms with Gasteiger partial charge in [0.15, 0.2) is 5.82 Å². The topological polar surface area (TPSA) is 106 Å². The molecule has 1 saturated heterocycles. The number of methoxy groups -OCH3 is 1. The highest BCUT2D eigenvalue weighted by molar-refractivity contribution is 5.87. The monoisotopic (exact) mass is 309 g/mol. The third-order valence-electron chi connectivity index (χ3n) is 3.41. The number of amides is 2. The van der Waals surface area contributed by atoms with E-state index in [0.717, 1.165) is 12.8 Å². The van der Waals surface area contributed by atoms with Gasteiger partial charge in [0.1, 0.15) is 12.6 Å². The highest BCUT2D eigenvalue weighted by Crippen LogP contribution is 2.18. The standard InChI is InChI=1S/C13H19N5O4/c1-9(19)15-11-7-14-18(16-11)8-12(20)17-6-4-3-5-10(17)13(21)22-2/h7,10H,3-6,8H2,1-2H3,(H,15,16,19). The second-order valence-electron chi connectivity index (χ2n) is 5.06. The molecule has 0 spiro atoms. The fraction of sp³-hybridized carbons (Fsp3) is 0.615. The molecule has 1 aliphatic heterocycles. The van der Waals surface area contributed by atoms with Crippen LogP contribution in [0.5, 0.6) is 0 Å². The lowest BCUT2D eigenvalue weighted by Crippen LogP contribution is -2.49. The van der Waals surface area contributed by atoms with Crippen molar-refractivity contribution < 1.29 is 19.1 Å². The number of carbonyl (C=O) groups is 3. The molecule has 1 atom stereocenters. The second kappa shape index (κ2) is 7.01. The van der Waals surface area contributed by atoms with Gasteiger partial charge in [0.05, 0.1) is 13.3 Å². The molecule has 0 aliphatic carbocycles. The Bertz CT molecular complexity index is 571. The van der Waals surface area contributed by atoms with Gasteiger partial charge < -0.3 is 15.0 Å². The molecule has 0 saturated carbocycles. The number of ether oxygens (including phenoxy) is 1. The lowest BCUT2D eigenvalue weighted by molar-refractivity contribution is -0.155. The van der Waals surface area contributed by atoms with Crippen molar-refractivity contribution in [3.05, 3.63) is 6.20 Å². The third-order valence-corrected chi connectivity index (χ3v) is 3.41. The van der Waals surface area contributed by atoms with Gasteiger partial charge in [0.2, 0.25) is 11.8 Å². The van der Waals surface area contributed by atoms with E-state index >= 15 is 0 Å². The Hall–Kier alpha value is -2.45. The Morgan fingerprint density at radius 2 is 2.18 bits per heavy atom. The van der Waals surface area contributed by atoms with E-state index in [1.807, 2.05) is 0 Å². The number of piperidine rings is 1. The van der Waals surface area contributed by atoms with Gasteiger partial charge in [0.25, 0.3) is 0 Å². The molecule has 9 heteroatoms. The smallest absolute Gasteiger partial charge is 0.328 e. The number of rotatable bonds is 4. The Kier molecular flexibility index (Phi) is 5.08. The second-order valence-corrected chi connectivity index (χ2v) is 5.06. The zero-order chi connectivity index (χ0) is 16.1. The fourth-order valence-corrected chi connectivity index (χ4v) is 2.43. The number of hydrogen-bond donors (Lipinski definition) is 1. The number of nitrogens with zero attached hydrogens (tertiary/aromatic N) is 4.